The van der Waals surface area contributed by atoms with Gasteiger partial charge >= 0.3 is 0 Å². The van der Waals surface area contributed by atoms with Crippen molar-refractivity contribution in [3.05, 3.63) is 169 Å². The van der Waals surface area contributed by atoms with E-state index in [1.807, 2.05) is 0 Å². The topological polar surface area (TPSA) is 13.1 Å². The van der Waals surface area contributed by atoms with Gasteiger partial charge in [-0.05, 0) is 77.3 Å². The molecule has 0 saturated heterocycles. The van der Waals surface area contributed by atoms with Gasteiger partial charge in [0.05, 0.1) is 0 Å². The molecule has 48 heavy (non-hydrogen) atoms. The number of benzene rings is 8. The molecule has 0 unspecified atom stereocenters. The molecule has 226 valence electrons. The quantitative estimate of drug-likeness (QED) is 0.181. The van der Waals surface area contributed by atoms with Crippen molar-refractivity contribution in [1.82, 2.24) is 0 Å². The molecule has 0 bridgehead atoms. The van der Waals surface area contributed by atoms with Crippen molar-refractivity contribution in [2.24, 2.45) is 0 Å². The molecule has 0 radical (unpaired) electrons. The zero-order chi connectivity index (χ0) is 32.0. The molecule has 1 heterocycles. The van der Waals surface area contributed by atoms with Crippen LogP contribution in [0.2, 0.25) is 0 Å². The standard InChI is InChI=1S/C47H32O/c1-47(2)41-25-12-11-23-39(41)46-45(47)40-27-26-30(28-42(40)48-46)43-35-19-7-9-21-37(35)44(38-22-10-8-20-36(38)43)34-18-6-5-17-33(34)32-24-13-15-29-14-3-4-16-31(29)32/h3-28H,1-2H3. The molecule has 0 amide bonds. The van der Waals surface area contributed by atoms with Crippen molar-refractivity contribution >= 4 is 43.3 Å². The van der Waals surface area contributed by atoms with E-state index in [2.05, 4.69) is 172 Å². The number of furan rings is 1. The molecule has 0 atom stereocenters. The van der Waals surface area contributed by atoms with Crippen LogP contribution in [-0.4, -0.2) is 0 Å². The van der Waals surface area contributed by atoms with Gasteiger partial charge < -0.3 is 4.42 Å². The summed E-state index contributed by atoms with van der Waals surface area (Å²) in [6, 6.07) is 57.6. The molecule has 1 aliphatic carbocycles. The first-order valence-corrected chi connectivity index (χ1v) is 16.8. The van der Waals surface area contributed by atoms with Crippen molar-refractivity contribution in [3.63, 3.8) is 0 Å². The van der Waals surface area contributed by atoms with Gasteiger partial charge in [0, 0.05) is 21.9 Å². The predicted octanol–water partition coefficient (Wildman–Crippen LogP) is 13.2. The van der Waals surface area contributed by atoms with Crippen molar-refractivity contribution < 1.29 is 4.42 Å². The Hall–Kier alpha value is -5.92. The van der Waals surface area contributed by atoms with Gasteiger partial charge in [0.15, 0.2) is 0 Å². The maximum absolute atomic E-state index is 6.75. The van der Waals surface area contributed by atoms with Crippen molar-refractivity contribution in [2.75, 3.05) is 0 Å². The lowest BCUT2D eigenvalue weighted by Gasteiger charge is -2.21. The molecule has 1 aliphatic rings. The van der Waals surface area contributed by atoms with Crippen LogP contribution in [0.5, 0.6) is 0 Å². The molecule has 1 aromatic heterocycles. The molecule has 0 N–H and O–H groups in total. The minimum absolute atomic E-state index is 0.114. The Bertz CT molecular complexity index is 2690. The van der Waals surface area contributed by atoms with Gasteiger partial charge in [-0.3, -0.25) is 0 Å². The Kier molecular flexibility index (Phi) is 5.69. The lowest BCUT2D eigenvalue weighted by molar-refractivity contribution is 0.619. The van der Waals surface area contributed by atoms with E-state index in [9.17, 15) is 0 Å². The van der Waals surface area contributed by atoms with Gasteiger partial charge in [-0.1, -0.05) is 166 Å². The summed E-state index contributed by atoms with van der Waals surface area (Å²) in [5, 5.41) is 8.69. The highest BCUT2D eigenvalue weighted by molar-refractivity contribution is 6.23. The van der Waals surface area contributed by atoms with E-state index in [0.717, 1.165) is 11.3 Å². The molecule has 8 aromatic carbocycles. The Morgan fingerprint density at radius 2 is 0.958 bits per heavy atom. The van der Waals surface area contributed by atoms with Crippen LogP contribution in [0.25, 0.3) is 88.0 Å². The summed E-state index contributed by atoms with van der Waals surface area (Å²) in [5.41, 5.74) is 12.1. The summed E-state index contributed by atoms with van der Waals surface area (Å²) in [4.78, 5) is 0. The summed E-state index contributed by atoms with van der Waals surface area (Å²) >= 11 is 0. The second-order valence-electron chi connectivity index (χ2n) is 13.6. The Morgan fingerprint density at radius 3 is 1.69 bits per heavy atom. The largest absolute Gasteiger partial charge is 0.456 e. The summed E-state index contributed by atoms with van der Waals surface area (Å²) in [6.07, 6.45) is 0. The second-order valence-corrected chi connectivity index (χ2v) is 13.6. The summed E-state index contributed by atoms with van der Waals surface area (Å²) < 4.78 is 6.75. The second kappa shape index (κ2) is 10.0. The highest BCUT2D eigenvalue weighted by Gasteiger charge is 2.40. The zero-order valence-electron chi connectivity index (χ0n) is 26.9. The molecule has 1 heteroatoms. The summed E-state index contributed by atoms with van der Waals surface area (Å²) in [7, 11) is 0. The van der Waals surface area contributed by atoms with E-state index in [1.54, 1.807) is 0 Å². The first kappa shape index (κ1) is 27.2. The normalized spacial score (nSPS) is 13.4. The molecule has 10 rings (SSSR count). The fourth-order valence-corrected chi connectivity index (χ4v) is 8.55. The smallest absolute Gasteiger partial charge is 0.139 e. The number of hydrogen-bond acceptors (Lipinski definition) is 1. The average molecular weight is 613 g/mol. The number of hydrogen-bond donors (Lipinski definition) is 0. The minimum atomic E-state index is -0.114. The van der Waals surface area contributed by atoms with Gasteiger partial charge in [0.25, 0.3) is 0 Å². The third-order valence-electron chi connectivity index (χ3n) is 10.7. The van der Waals surface area contributed by atoms with Crippen LogP contribution in [0.1, 0.15) is 25.0 Å². The third kappa shape index (κ3) is 3.73. The van der Waals surface area contributed by atoms with Crippen molar-refractivity contribution in [2.45, 2.75) is 19.3 Å². The van der Waals surface area contributed by atoms with Crippen LogP contribution in [0, 0.1) is 0 Å². The van der Waals surface area contributed by atoms with Gasteiger partial charge in [-0.15, -0.1) is 0 Å². The van der Waals surface area contributed by atoms with E-state index < -0.39 is 0 Å². The van der Waals surface area contributed by atoms with E-state index >= 15 is 0 Å². The van der Waals surface area contributed by atoms with Gasteiger partial charge in [-0.25, -0.2) is 0 Å². The van der Waals surface area contributed by atoms with Crippen molar-refractivity contribution in [3.8, 4) is 44.7 Å². The van der Waals surface area contributed by atoms with Crippen LogP contribution in [-0.2, 0) is 5.41 Å². The van der Waals surface area contributed by atoms with Crippen LogP contribution in [0.15, 0.2) is 162 Å². The Balaban J connectivity index is 1.25. The minimum Gasteiger partial charge on any atom is -0.456 e. The summed E-state index contributed by atoms with van der Waals surface area (Å²) in [5.74, 6) is 1.01. The van der Waals surface area contributed by atoms with Gasteiger partial charge in [0.2, 0.25) is 0 Å². The SMILES string of the molecule is CC1(C)c2ccccc2-c2oc3cc(-c4c5ccccc5c(-c5ccccc5-c5cccc6ccccc56)c5ccccc45)ccc3c21. The predicted molar refractivity (Wildman–Crippen MR) is 203 cm³/mol. The summed E-state index contributed by atoms with van der Waals surface area (Å²) in [6.45, 7) is 4.63. The molecule has 9 aromatic rings. The van der Waals surface area contributed by atoms with Crippen LogP contribution < -0.4 is 0 Å². The first-order chi connectivity index (χ1) is 23.6. The van der Waals surface area contributed by atoms with Crippen LogP contribution in [0.4, 0.5) is 0 Å². The van der Waals surface area contributed by atoms with Gasteiger partial charge in [0.1, 0.15) is 11.3 Å². The van der Waals surface area contributed by atoms with E-state index in [-0.39, 0.29) is 5.41 Å². The maximum atomic E-state index is 6.75. The fourth-order valence-electron chi connectivity index (χ4n) is 8.55. The Morgan fingerprint density at radius 1 is 0.417 bits per heavy atom. The Labute approximate surface area is 279 Å². The van der Waals surface area contributed by atoms with E-state index in [4.69, 9.17) is 4.42 Å². The maximum Gasteiger partial charge on any atom is 0.139 e. The van der Waals surface area contributed by atoms with Gasteiger partial charge in [-0.2, -0.15) is 0 Å². The molecule has 1 nitrogen and oxygen atoms in total. The molecule has 0 fully saturated rings. The molecule has 0 spiro atoms. The fraction of sp³-hybridized carbons (Fsp3) is 0.0638. The number of fused-ring (bicyclic) bond motifs is 8. The van der Waals surface area contributed by atoms with Crippen LogP contribution in [0.3, 0.4) is 0 Å². The monoisotopic (exact) mass is 612 g/mol. The number of rotatable bonds is 3. The molecular formula is C47H32O. The lowest BCUT2D eigenvalue weighted by Crippen LogP contribution is -2.14. The highest BCUT2D eigenvalue weighted by atomic mass is 16.3. The molecule has 0 saturated carbocycles. The van der Waals surface area contributed by atoms with Crippen molar-refractivity contribution in [1.29, 1.82) is 0 Å². The average Bonchev–Trinajstić information content (AvgIpc) is 3.63. The third-order valence-corrected chi connectivity index (χ3v) is 10.7. The molecular weight excluding hydrogens is 581 g/mol. The first-order valence-electron chi connectivity index (χ1n) is 16.8. The lowest BCUT2D eigenvalue weighted by atomic mass is 9.81. The van der Waals surface area contributed by atoms with E-state index in [1.165, 1.54) is 87.8 Å². The van der Waals surface area contributed by atoms with Crippen LogP contribution >= 0.6 is 0 Å². The molecule has 0 aliphatic heterocycles. The highest BCUT2D eigenvalue weighted by Crippen LogP contribution is 2.54. The zero-order valence-corrected chi connectivity index (χ0v) is 26.9. The van der Waals surface area contributed by atoms with E-state index in [0.29, 0.717) is 0 Å².